The third-order valence-corrected chi connectivity index (χ3v) is 2.42. The minimum absolute atomic E-state index is 0.0578. The summed E-state index contributed by atoms with van der Waals surface area (Å²) in [5.41, 5.74) is 0.568. The van der Waals surface area contributed by atoms with Gasteiger partial charge in [-0.1, -0.05) is 12.1 Å². The maximum atomic E-state index is 10.4. The van der Waals surface area contributed by atoms with Crippen molar-refractivity contribution in [1.82, 2.24) is 0 Å². The van der Waals surface area contributed by atoms with Crippen LogP contribution in [0.4, 0.5) is 5.69 Å². The van der Waals surface area contributed by atoms with E-state index in [1.54, 1.807) is 0 Å². The monoisotopic (exact) mass is 240 g/mol. The third-order valence-electron chi connectivity index (χ3n) is 2.42. The Balaban J connectivity index is 2.86. The molecule has 0 saturated carbocycles. The Kier molecular flexibility index (Phi) is 4.53. The van der Waals surface area contributed by atoms with Crippen molar-refractivity contribution in [1.29, 1.82) is 0 Å². The maximum Gasteiger partial charge on any atom is 0.269 e. The van der Waals surface area contributed by atoms with Gasteiger partial charge in [-0.3, -0.25) is 20.2 Å². The van der Waals surface area contributed by atoms with Gasteiger partial charge in [0.15, 0.2) is 0 Å². The van der Waals surface area contributed by atoms with E-state index in [0.29, 0.717) is 5.56 Å². The van der Waals surface area contributed by atoms with E-state index in [1.165, 1.54) is 24.3 Å². The summed E-state index contributed by atoms with van der Waals surface area (Å²) in [4.78, 5) is 19.9. The molecule has 1 N–H and O–H groups in total. The van der Waals surface area contributed by atoms with Gasteiger partial charge in [-0.05, 0) is 12.0 Å². The topological polar surface area (TPSA) is 107 Å². The molecule has 0 fully saturated rings. The quantitative estimate of drug-likeness (QED) is 0.596. The van der Waals surface area contributed by atoms with Gasteiger partial charge in [-0.25, -0.2) is 0 Å². The largest absolute Gasteiger partial charge is 0.396 e. The van der Waals surface area contributed by atoms with Gasteiger partial charge < -0.3 is 5.11 Å². The van der Waals surface area contributed by atoms with Crippen LogP contribution in [0, 0.1) is 20.2 Å². The van der Waals surface area contributed by atoms with Crippen molar-refractivity contribution in [2.24, 2.45) is 0 Å². The lowest BCUT2D eigenvalue weighted by molar-refractivity contribution is -0.483. The van der Waals surface area contributed by atoms with Crippen molar-refractivity contribution < 1.29 is 15.0 Å². The molecule has 0 unspecified atom stereocenters. The third kappa shape index (κ3) is 3.80. The SMILES string of the molecule is O=[N+]([O-])C[C@H](CCO)c1ccc([N+](=O)[O-])cc1. The van der Waals surface area contributed by atoms with Gasteiger partial charge in [-0.2, -0.15) is 0 Å². The molecule has 0 amide bonds. The second-order valence-electron chi connectivity index (χ2n) is 3.57. The number of hydrogen-bond acceptors (Lipinski definition) is 5. The molecule has 1 aromatic carbocycles. The van der Waals surface area contributed by atoms with Gasteiger partial charge in [0.05, 0.1) is 10.8 Å². The number of nitrogens with zero attached hydrogens (tertiary/aromatic N) is 2. The summed E-state index contributed by atoms with van der Waals surface area (Å²) in [6.07, 6.45) is 0.263. The first-order valence-electron chi connectivity index (χ1n) is 5.01. The minimum atomic E-state index is -0.529. The Labute approximate surface area is 97.0 Å². The van der Waals surface area contributed by atoms with Crippen LogP contribution in [0.1, 0.15) is 17.9 Å². The standard InChI is InChI=1S/C10H12N2O5/c13-6-5-9(7-11(14)15)8-1-3-10(4-2-8)12(16)17/h1-4,9,13H,5-7H2/t9-/m0/s1. The first-order valence-corrected chi connectivity index (χ1v) is 5.01. The van der Waals surface area contributed by atoms with Crippen LogP contribution in [0.15, 0.2) is 24.3 Å². The van der Waals surface area contributed by atoms with Gasteiger partial charge in [0.2, 0.25) is 6.54 Å². The Bertz CT molecular complexity index is 404. The summed E-state index contributed by atoms with van der Waals surface area (Å²) in [6, 6.07) is 5.59. The molecule has 0 bridgehead atoms. The zero-order valence-electron chi connectivity index (χ0n) is 8.98. The molecule has 7 heteroatoms. The fourth-order valence-corrected chi connectivity index (χ4v) is 1.57. The van der Waals surface area contributed by atoms with E-state index in [4.69, 9.17) is 5.11 Å². The van der Waals surface area contributed by atoms with Gasteiger partial charge >= 0.3 is 0 Å². The molecule has 0 aliphatic carbocycles. The molecule has 1 rings (SSSR count). The Hall–Kier alpha value is -2.02. The average molecular weight is 240 g/mol. The zero-order chi connectivity index (χ0) is 12.8. The number of benzene rings is 1. The summed E-state index contributed by atoms with van der Waals surface area (Å²) in [6.45, 7) is -0.451. The van der Waals surface area contributed by atoms with Crippen molar-refractivity contribution in [2.45, 2.75) is 12.3 Å². The normalized spacial score (nSPS) is 12.1. The molecule has 0 radical (unpaired) electrons. The van der Waals surface area contributed by atoms with Crippen molar-refractivity contribution >= 4 is 5.69 Å². The fourth-order valence-electron chi connectivity index (χ4n) is 1.57. The second kappa shape index (κ2) is 5.90. The molecule has 0 aliphatic rings. The first kappa shape index (κ1) is 13.0. The fraction of sp³-hybridized carbons (Fsp3) is 0.400. The van der Waals surface area contributed by atoms with Crippen LogP contribution < -0.4 is 0 Å². The summed E-state index contributed by atoms with van der Waals surface area (Å²) in [7, 11) is 0. The molecular weight excluding hydrogens is 228 g/mol. The molecule has 0 aromatic heterocycles. The molecule has 0 saturated heterocycles. The Morgan fingerprint density at radius 1 is 1.18 bits per heavy atom. The summed E-state index contributed by atoms with van der Waals surface area (Å²) in [5.74, 6) is -0.421. The van der Waals surface area contributed by atoms with E-state index in [2.05, 4.69) is 0 Å². The van der Waals surface area contributed by atoms with Crippen molar-refractivity contribution in [2.75, 3.05) is 13.2 Å². The van der Waals surface area contributed by atoms with E-state index >= 15 is 0 Å². The zero-order valence-corrected chi connectivity index (χ0v) is 8.98. The van der Waals surface area contributed by atoms with Crippen LogP contribution in [0.5, 0.6) is 0 Å². The lowest BCUT2D eigenvalue weighted by Crippen LogP contribution is -2.14. The van der Waals surface area contributed by atoms with Crippen LogP contribution >= 0.6 is 0 Å². The van der Waals surface area contributed by atoms with Crippen LogP contribution in [0.3, 0.4) is 0 Å². The molecule has 0 aliphatic heterocycles. The number of non-ortho nitro benzene ring substituents is 1. The van der Waals surface area contributed by atoms with Gasteiger partial charge in [0, 0.05) is 23.7 Å². The molecule has 1 aromatic rings. The Morgan fingerprint density at radius 2 is 1.76 bits per heavy atom. The average Bonchev–Trinajstić information content (AvgIpc) is 2.28. The number of nitro groups is 2. The predicted octanol–water partition coefficient (Wildman–Crippen LogP) is 1.34. The number of hydrogen-bond donors (Lipinski definition) is 1. The van der Waals surface area contributed by atoms with Gasteiger partial charge in [-0.15, -0.1) is 0 Å². The minimum Gasteiger partial charge on any atom is -0.396 e. The summed E-state index contributed by atoms with van der Waals surface area (Å²) >= 11 is 0. The van der Waals surface area contributed by atoms with E-state index in [0.717, 1.165) is 0 Å². The van der Waals surface area contributed by atoms with Crippen LogP contribution in [-0.2, 0) is 0 Å². The highest BCUT2D eigenvalue weighted by Gasteiger charge is 2.18. The summed E-state index contributed by atoms with van der Waals surface area (Å²) in [5, 5.41) is 29.7. The van der Waals surface area contributed by atoms with Crippen LogP contribution in [0.25, 0.3) is 0 Å². The Morgan fingerprint density at radius 3 is 2.18 bits per heavy atom. The van der Waals surface area contributed by atoms with Crippen molar-refractivity contribution in [3.8, 4) is 0 Å². The van der Waals surface area contributed by atoms with E-state index in [9.17, 15) is 20.2 Å². The molecule has 17 heavy (non-hydrogen) atoms. The first-order chi connectivity index (χ1) is 8.04. The van der Waals surface area contributed by atoms with Crippen molar-refractivity contribution in [3.63, 3.8) is 0 Å². The highest BCUT2D eigenvalue weighted by atomic mass is 16.6. The molecule has 0 heterocycles. The molecule has 0 spiro atoms. The lowest BCUT2D eigenvalue weighted by Gasteiger charge is -2.11. The number of aliphatic hydroxyl groups excluding tert-OH is 1. The molecule has 7 nitrogen and oxygen atoms in total. The van der Waals surface area contributed by atoms with Crippen LogP contribution in [0.2, 0.25) is 0 Å². The number of rotatable bonds is 6. The highest BCUT2D eigenvalue weighted by molar-refractivity contribution is 5.34. The van der Waals surface area contributed by atoms with Crippen molar-refractivity contribution in [3.05, 3.63) is 50.1 Å². The van der Waals surface area contributed by atoms with Gasteiger partial charge in [0.1, 0.15) is 0 Å². The summed E-state index contributed by atoms with van der Waals surface area (Å²) < 4.78 is 0. The smallest absolute Gasteiger partial charge is 0.269 e. The van der Waals surface area contributed by atoms with E-state index in [-0.39, 0.29) is 25.3 Å². The maximum absolute atomic E-state index is 10.4. The van der Waals surface area contributed by atoms with E-state index in [1.807, 2.05) is 0 Å². The molecule has 92 valence electrons. The number of nitro benzene ring substituents is 1. The predicted molar refractivity (Wildman–Crippen MR) is 59.4 cm³/mol. The van der Waals surface area contributed by atoms with Crippen LogP contribution in [-0.4, -0.2) is 28.1 Å². The number of aliphatic hydroxyl groups is 1. The van der Waals surface area contributed by atoms with Gasteiger partial charge in [0.25, 0.3) is 5.69 Å². The van der Waals surface area contributed by atoms with E-state index < -0.39 is 15.8 Å². The molecule has 1 atom stereocenters. The second-order valence-corrected chi connectivity index (χ2v) is 3.57. The highest BCUT2D eigenvalue weighted by Crippen LogP contribution is 2.22. The lowest BCUT2D eigenvalue weighted by atomic mass is 9.96. The molecular formula is C10H12N2O5.